The number of halogens is 1. The van der Waals surface area contributed by atoms with E-state index in [-0.39, 0.29) is 17.8 Å². The van der Waals surface area contributed by atoms with E-state index >= 15 is 0 Å². The number of nitrogens with zero attached hydrogens (tertiary/aromatic N) is 4. The average molecular weight is 226 g/mol. The number of terminal acetylenes is 1. The summed E-state index contributed by atoms with van der Waals surface area (Å²) in [4.78, 5) is 23.4. The molecule has 78 valence electrons. The van der Waals surface area contributed by atoms with Gasteiger partial charge in [-0.15, -0.1) is 6.42 Å². The minimum atomic E-state index is -0.741. The zero-order chi connectivity index (χ0) is 11.4. The van der Waals surface area contributed by atoms with Crippen molar-refractivity contribution in [3.05, 3.63) is 11.1 Å². The molecule has 1 aromatic rings. The molecule has 0 saturated heterocycles. The van der Waals surface area contributed by atoms with Crippen LogP contribution in [-0.2, 0) is 0 Å². The number of primary amides is 1. The monoisotopic (exact) mass is 225 g/mol. The summed E-state index contributed by atoms with van der Waals surface area (Å²) >= 11 is 5.61. The van der Waals surface area contributed by atoms with Gasteiger partial charge in [-0.3, -0.25) is 4.90 Å². The first kappa shape index (κ1) is 11.2. The van der Waals surface area contributed by atoms with Crippen LogP contribution in [0.5, 0.6) is 0 Å². The van der Waals surface area contributed by atoms with Gasteiger partial charge in [0.15, 0.2) is 0 Å². The van der Waals surface area contributed by atoms with Crippen molar-refractivity contribution in [2.45, 2.75) is 6.92 Å². The van der Waals surface area contributed by atoms with Crippen LogP contribution >= 0.6 is 11.6 Å². The fourth-order valence-electron chi connectivity index (χ4n) is 0.895. The summed E-state index contributed by atoms with van der Waals surface area (Å²) in [7, 11) is 0. The lowest BCUT2D eigenvalue weighted by Gasteiger charge is -2.14. The molecule has 15 heavy (non-hydrogen) atoms. The van der Waals surface area contributed by atoms with Crippen LogP contribution in [-0.4, -0.2) is 27.5 Å². The Kier molecular flexibility index (Phi) is 3.42. The highest BCUT2D eigenvalue weighted by atomic mass is 35.5. The normalized spacial score (nSPS) is 9.40. The van der Waals surface area contributed by atoms with Gasteiger partial charge in [0.1, 0.15) is 5.82 Å². The molecule has 0 aliphatic rings. The van der Waals surface area contributed by atoms with Crippen LogP contribution in [0.4, 0.5) is 10.7 Å². The quantitative estimate of drug-likeness (QED) is 0.736. The van der Waals surface area contributed by atoms with Gasteiger partial charge in [-0.1, -0.05) is 5.92 Å². The van der Waals surface area contributed by atoms with Crippen LogP contribution in [0, 0.1) is 19.3 Å². The maximum atomic E-state index is 11.0. The van der Waals surface area contributed by atoms with Crippen LogP contribution in [0.3, 0.4) is 0 Å². The molecule has 0 aliphatic carbocycles. The number of amides is 2. The second kappa shape index (κ2) is 4.57. The van der Waals surface area contributed by atoms with E-state index in [9.17, 15) is 4.79 Å². The van der Waals surface area contributed by atoms with Crippen LogP contribution in [0.15, 0.2) is 0 Å². The van der Waals surface area contributed by atoms with E-state index in [2.05, 4.69) is 20.9 Å². The summed E-state index contributed by atoms with van der Waals surface area (Å²) in [5, 5.41) is -0.0132. The van der Waals surface area contributed by atoms with Crippen molar-refractivity contribution in [1.29, 1.82) is 0 Å². The van der Waals surface area contributed by atoms with Gasteiger partial charge in [-0.25, -0.2) is 9.78 Å². The van der Waals surface area contributed by atoms with E-state index in [1.165, 1.54) is 0 Å². The van der Waals surface area contributed by atoms with Crippen LogP contribution < -0.4 is 10.6 Å². The van der Waals surface area contributed by atoms with Crippen molar-refractivity contribution in [2.24, 2.45) is 5.73 Å². The third-order valence-corrected chi connectivity index (χ3v) is 1.63. The number of carbonyl (C=O) groups excluding carboxylic acids is 1. The lowest BCUT2D eigenvalue weighted by molar-refractivity contribution is 0.254. The molecule has 0 saturated carbocycles. The minimum Gasteiger partial charge on any atom is -0.351 e. The average Bonchev–Trinajstić information content (AvgIpc) is 2.11. The third kappa shape index (κ3) is 2.79. The molecular formula is C8H8ClN5O. The van der Waals surface area contributed by atoms with E-state index in [1.54, 1.807) is 6.92 Å². The van der Waals surface area contributed by atoms with Crippen LogP contribution in [0.25, 0.3) is 0 Å². The highest BCUT2D eigenvalue weighted by Crippen LogP contribution is 2.10. The summed E-state index contributed by atoms with van der Waals surface area (Å²) < 4.78 is 0. The highest BCUT2D eigenvalue weighted by molar-refractivity contribution is 6.28. The Hall–Kier alpha value is -1.87. The molecule has 1 heterocycles. The predicted molar refractivity (Wildman–Crippen MR) is 55.3 cm³/mol. The first-order valence-electron chi connectivity index (χ1n) is 3.93. The summed E-state index contributed by atoms with van der Waals surface area (Å²) in [6.45, 7) is 1.60. The van der Waals surface area contributed by atoms with E-state index in [1.807, 2.05) is 0 Å². The molecule has 0 radical (unpaired) electrons. The molecular weight excluding hydrogens is 218 g/mol. The van der Waals surface area contributed by atoms with E-state index in [0.717, 1.165) is 4.90 Å². The molecule has 0 bridgehead atoms. The van der Waals surface area contributed by atoms with Crippen LogP contribution in [0.2, 0.25) is 5.28 Å². The molecule has 0 aromatic carbocycles. The Labute approximate surface area is 91.5 Å². The highest BCUT2D eigenvalue weighted by Gasteiger charge is 2.15. The molecule has 1 aromatic heterocycles. The SMILES string of the molecule is C#CCN(C(N)=O)c1nc(C)nc(Cl)n1. The topological polar surface area (TPSA) is 85.0 Å². The standard InChI is InChI=1S/C8H8ClN5O/c1-3-4-14(7(10)15)8-12-5(2)11-6(9)13-8/h1H,4H2,2H3,(H2,10,15). The van der Waals surface area contributed by atoms with Crippen molar-refractivity contribution < 1.29 is 4.79 Å². The number of hydrogen-bond acceptors (Lipinski definition) is 4. The molecule has 6 nitrogen and oxygen atoms in total. The van der Waals surface area contributed by atoms with Gasteiger partial charge in [0, 0.05) is 0 Å². The molecule has 0 unspecified atom stereocenters. The van der Waals surface area contributed by atoms with Crippen LogP contribution in [0.1, 0.15) is 5.82 Å². The van der Waals surface area contributed by atoms with Gasteiger partial charge < -0.3 is 5.73 Å². The van der Waals surface area contributed by atoms with Gasteiger partial charge in [0.2, 0.25) is 11.2 Å². The van der Waals surface area contributed by atoms with Crippen molar-refractivity contribution in [1.82, 2.24) is 15.0 Å². The van der Waals surface area contributed by atoms with Gasteiger partial charge >= 0.3 is 6.03 Å². The molecule has 0 aliphatic heterocycles. The minimum absolute atomic E-state index is 0.0132. The Bertz CT molecular complexity index is 407. The molecule has 2 amide bonds. The summed E-state index contributed by atoms with van der Waals surface area (Å²) in [6.07, 6.45) is 5.08. The third-order valence-electron chi connectivity index (χ3n) is 1.46. The van der Waals surface area contributed by atoms with Gasteiger partial charge in [-0.2, -0.15) is 9.97 Å². The first-order chi connectivity index (χ1) is 7.04. The molecule has 0 atom stereocenters. The van der Waals surface area contributed by atoms with Crippen molar-refractivity contribution in [3.63, 3.8) is 0 Å². The zero-order valence-corrected chi connectivity index (χ0v) is 8.69. The smallest absolute Gasteiger partial charge is 0.322 e. The Morgan fingerprint density at radius 2 is 2.27 bits per heavy atom. The van der Waals surface area contributed by atoms with E-state index < -0.39 is 6.03 Å². The second-order valence-electron chi connectivity index (χ2n) is 2.58. The van der Waals surface area contributed by atoms with E-state index in [0.29, 0.717) is 5.82 Å². The van der Waals surface area contributed by atoms with E-state index in [4.69, 9.17) is 23.8 Å². The van der Waals surface area contributed by atoms with Crippen molar-refractivity contribution in [2.75, 3.05) is 11.4 Å². The lowest BCUT2D eigenvalue weighted by Crippen LogP contribution is -2.37. The largest absolute Gasteiger partial charge is 0.351 e. The maximum absolute atomic E-state index is 11.0. The number of urea groups is 1. The number of anilines is 1. The Morgan fingerprint density at radius 3 is 2.73 bits per heavy atom. The molecule has 7 heteroatoms. The number of aromatic nitrogens is 3. The second-order valence-corrected chi connectivity index (χ2v) is 2.92. The number of rotatable bonds is 2. The molecule has 2 N–H and O–H groups in total. The fourth-order valence-corrected chi connectivity index (χ4v) is 1.09. The molecule has 0 fully saturated rings. The summed E-state index contributed by atoms with van der Waals surface area (Å²) in [6, 6.07) is -0.741. The number of aryl methyl sites for hydroxylation is 1. The van der Waals surface area contributed by atoms with Gasteiger partial charge in [0.25, 0.3) is 0 Å². The Morgan fingerprint density at radius 1 is 1.60 bits per heavy atom. The molecule has 1 rings (SSSR count). The van der Waals surface area contributed by atoms with Gasteiger partial charge in [0.05, 0.1) is 6.54 Å². The number of hydrogen-bond donors (Lipinski definition) is 1. The van der Waals surface area contributed by atoms with Gasteiger partial charge in [-0.05, 0) is 18.5 Å². The zero-order valence-electron chi connectivity index (χ0n) is 7.94. The van der Waals surface area contributed by atoms with Crippen molar-refractivity contribution >= 4 is 23.6 Å². The lowest BCUT2D eigenvalue weighted by atomic mass is 10.5. The first-order valence-corrected chi connectivity index (χ1v) is 4.31. The predicted octanol–water partition coefficient (Wildman–Crippen LogP) is 0.352. The number of nitrogens with two attached hydrogens (primary N) is 1. The summed E-state index contributed by atoms with van der Waals surface area (Å²) in [5.74, 6) is 2.70. The fraction of sp³-hybridized carbons (Fsp3) is 0.250. The Balaban J connectivity index is 3.11. The molecule has 0 spiro atoms. The van der Waals surface area contributed by atoms with Crippen molar-refractivity contribution in [3.8, 4) is 12.3 Å². The maximum Gasteiger partial charge on any atom is 0.322 e. The number of carbonyl (C=O) groups is 1. The summed E-state index contributed by atoms with van der Waals surface area (Å²) in [5.41, 5.74) is 5.10.